The molecular formula is C13H17NO2. The summed E-state index contributed by atoms with van der Waals surface area (Å²) in [5.74, 6) is 0.751. The fourth-order valence-corrected chi connectivity index (χ4v) is 1.41. The molecule has 86 valence electrons. The molecule has 0 fully saturated rings. The van der Waals surface area contributed by atoms with Crippen LogP contribution in [0.3, 0.4) is 0 Å². The van der Waals surface area contributed by atoms with Gasteiger partial charge in [-0.2, -0.15) is 5.26 Å². The third-order valence-electron chi connectivity index (χ3n) is 2.28. The van der Waals surface area contributed by atoms with E-state index in [0.29, 0.717) is 12.2 Å². The minimum atomic E-state index is 0.269. The van der Waals surface area contributed by atoms with Crippen LogP contribution < -0.4 is 4.74 Å². The Balaban J connectivity index is 2.19. The Morgan fingerprint density at radius 1 is 1.19 bits per heavy atom. The van der Waals surface area contributed by atoms with Crippen molar-refractivity contribution in [2.24, 2.45) is 0 Å². The van der Waals surface area contributed by atoms with Gasteiger partial charge in [-0.25, -0.2) is 0 Å². The second-order valence-corrected chi connectivity index (χ2v) is 3.63. The number of ether oxygens (including phenoxy) is 1. The van der Waals surface area contributed by atoms with E-state index in [0.717, 1.165) is 31.4 Å². The lowest BCUT2D eigenvalue weighted by Crippen LogP contribution is -1.97. The molecule has 1 aromatic carbocycles. The van der Waals surface area contributed by atoms with E-state index in [9.17, 15) is 0 Å². The van der Waals surface area contributed by atoms with Crippen molar-refractivity contribution >= 4 is 0 Å². The monoisotopic (exact) mass is 219 g/mol. The molecule has 0 amide bonds. The molecular weight excluding hydrogens is 202 g/mol. The van der Waals surface area contributed by atoms with Gasteiger partial charge in [0.05, 0.1) is 18.2 Å². The number of nitriles is 1. The molecule has 0 spiro atoms. The van der Waals surface area contributed by atoms with Crippen LogP contribution in [-0.2, 0) is 0 Å². The number of nitrogens with zero attached hydrogens (tertiary/aromatic N) is 1. The normalized spacial score (nSPS) is 9.75. The Morgan fingerprint density at radius 2 is 2.00 bits per heavy atom. The average Bonchev–Trinajstić information content (AvgIpc) is 2.34. The van der Waals surface area contributed by atoms with Crippen molar-refractivity contribution in [1.82, 2.24) is 0 Å². The van der Waals surface area contributed by atoms with E-state index >= 15 is 0 Å². The van der Waals surface area contributed by atoms with Gasteiger partial charge in [-0.15, -0.1) is 0 Å². The summed E-state index contributed by atoms with van der Waals surface area (Å²) < 4.78 is 5.52. The highest BCUT2D eigenvalue weighted by atomic mass is 16.5. The Bertz CT molecular complexity index is 344. The number of hydrogen-bond donors (Lipinski definition) is 1. The van der Waals surface area contributed by atoms with Crippen molar-refractivity contribution in [2.75, 3.05) is 13.2 Å². The van der Waals surface area contributed by atoms with Gasteiger partial charge in [0.15, 0.2) is 0 Å². The SMILES string of the molecule is N#Cc1cccc(OCCCCCCO)c1. The maximum atomic E-state index is 8.70. The summed E-state index contributed by atoms with van der Waals surface area (Å²) in [6, 6.07) is 9.25. The summed E-state index contributed by atoms with van der Waals surface area (Å²) >= 11 is 0. The number of benzene rings is 1. The Morgan fingerprint density at radius 3 is 2.75 bits per heavy atom. The highest BCUT2D eigenvalue weighted by Crippen LogP contribution is 2.13. The van der Waals surface area contributed by atoms with Crippen molar-refractivity contribution < 1.29 is 9.84 Å². The van der Waals surface area contributed by atoms with Gasteiger partial charge in [-0.05, 0) is 37.5 Å². The van der Waals surface area contributed by atoms with E-state index in [2.05, 4.69) is 6.07 Å². The van der Waals surface area contributed by atoms with Gasteiger partial charge in [0, 0.05) is 6.61 Å². The molecule has 0 aromatic heterocycles. The van der Waals surface area contributed by atoms with Crippen molar-refractivity contribution in [3.05, 3.63) is 29.8 Å². The van der Waals surface area contributed by atoms with Crippen LogP contribution in [0.4, 0.5) is 0 Å². The molecule has 3 heteroatoms. The van der Waals surface area contributed by atoms with E-state index in [1.165, 1.54) is 0 Å². The molecule has 0 aliphatic heterocycles. The highest BCUT2D eigenvalue weighted by molar-refractivity contribution is 5.36. The van der Waals surface area contributed by atoms with Gasteiger partial charge in [0.2, 0.25) is 0 Å². The van der Waals surface area contributed by atoms with Crippen LogP contribution in [0, 0.1) is 11.3 Å². The minimum absolute atomic E-state index is 0.269. The van der Waals surface area contributed by atoms with Crippen LogP contribution in [0.2, 0.25) is 0 Å². The van der Waals surface area contributed by atoms with Crippen molar-refractivity contribution in [2.45, 2.75) is 25.7 Å². The molecule has 16 heavy (non-hydrogen) atoms. The summed E-state index contributed by atoms with van der Waals surface area (Å²) in [5, 5.41) is 17.3. The topological polar surface area (TPSA) is 53.2 Å². The second-order valence-electron chi connectivity index (χ2n) is 3.63. The zero-order valence-corrected chi connectivity index (χ0v) is 9.35. The van der Waals surface area contributed by atoms with Crippen LogP contribution in [-0.4, -0.2) is 18.3 Å². The van der Waals surface area contributed by atoms with Crippen LogP contribution in [0.1, 0.15) is 31.2 Å². The molecule has 1 aromatic rings. The van der Waals surface area contributed by atoms with E-state index in [4.69, 9.17) is 15.1 Å². The lowest BCUT2D eigenvalue weighted by Gasteiger charge is -2.05. The molecule has 0 atom stereocenters. The lowest BCUT2D eigenvalue weighted by molar-refractivity contribution is 0.273. The van der Waals surface area contributed by atoms with E-state index in [-0.39, 0.29) is 6.61 Å². The van der Waals surface area contributed by atoms with Gasteiger partial charge >= 0.3 is 0 Å². The van der Waals surface area contributed by atoms with Gasteiger partial charge < -0.3 is 9.84 Å². The lowest BCUT2D eigenvalue weighted by atomic mass is 10.2. The summed E-state index contributed by atoms with van der Waals surface area (Å²) in [6.07, 6.45) is 3.96. The van der Waals surface area contributed by atoms with Gasteiger partial charge in [-0.3, -0.25) is 0 Å². The van der Waals surface area contributed by atoms with Crippen molar-refractivity contribution in [3.8, 4) is 11.8 Å². The van der Waals surface area contributed by atoms with Gasteiger partial charge in [0.25, 0.3) is 0 Å². The number of aliphatic hydroxyl groups is 1. The number of hydrogen-bond acceptors (Lipinski definition) is 3. The fourth-order valence-electron chi connectivity index (χ4n) is 1.41. The quantitative estimate of drug-likeness (QED) is 0.717. The molecule has 0 aliphatic rings. The van der Waals surface area contributed by atoms with E-state index in [1.807, 2.05) is 12.1 Å². The summed E-state index contributed by atoms with van der Waals surface area (Å²) in [4.78, 5) is 0. The molecule has 0 heterocycles. The number of unbranched alkanes of at least 4 members (excludes halogenated alkanes) is 3. The molecule has 0 aliphatic carbocycles. The zero-order valence-electron chi connectivity index (χ0n) is 9.35. The molecule has 0 unspecified atom stereocenters. The molecule has 0 saturated carbocycles. The first-order valence-corrected chi connectivity index (χ1v) is 5.60. The first-order valence-electron chi connectivity index (χ1n) is 5.60. The number of aliphatic hydroxyl groups excluding tert-OH is 1. The standard InChI is InChI=1S/C13H17NO2/c14-11-12-6-5-7-13(10-12)16-9-4-2-1-3-8-15/h5-7,10,15H,1-4,8-9H2. The molecule has 0 saturated heterocycles. The van der Waals surface area contributed by atoms with E-state index < -0.39 is 0 Å². The predicted molar refractivity (Wildman–Crippen MR) is 62.2 cm³/mol. The van der Waals surface area contributed by atoms with Gasteiger partial charge in [0.1, 0.15) is 5.75 Å². The zero-order chi connectivity index (χ0) is 11.6. The average molecular weight is 219 g/mol. The molecule has 1 rings (SSSR count). The van der Waals surface area contributed by atoms with Crippen molar-refractivity contribution in [1.29, 1.82) is 5.26 Å². The van der Waals surface area contributed by atoms with Gasteiger partial charge in [-0.1, -0.05) is 12.5 Å². The second kappa shape index (κ2) is 7.72. The molecule has 0 radical (unpaired) electrons. The minimum Gasteiger partial charge on any atom is -0.494 e. The largest absolute Gasteiger partial charge is 0.494 e. The van der Waals surface area contributed by atoms with E-state index in [1.54, 1.807) is 12.1 Å². The highest BCUT2D eigenvalue weighted by Gasteiger charge is 1.96. The first-order chi connectivity index (χ1) is 7.86. The molecule has 1 N–H and O–H groups in total. The Hall–Kier alpha value is -1.53. The number of rotatable bonds is 7. The van der Waals surface area contributed by atoms with Crippen LogP contribution in [0.5, 0.6) is 5.75 Å². The first kappa shape index (κ1) is 12.5. The molecule has 3 nitrogen and oxygen atoms in total. The summed E-state index contributed by atoms with van der Waals surface area (Å²) in [7, 11) is 0. The smallest absolute Gasteiger partial charge is 0.120 e. The summed E-state index contributed by atoms with van der Waals surface area (Å²) in [6.45, 7) is 0.936. The third kappa shape index (κ3) is 4.81. The third-order valence-corrected chi connectivity index (χ3v) is 2.28. The molecule has 0 bridgehead atoms. The maximum Gasteiger partial charge on any atom is 0.120 e. The Kier molecular flexibility index (Phi) is 6.05. The maximum absolute atomic E-state index is 8.70. The predicted octanol–water partition coefficient (Wildman–Crippen LogP) is 2.49. The fraction of sp³-hybridized carbons (Fsp3) is 0.462. The van der Waals surface area contributed by atoms with Crippen LogP contribution in [0.15, 0.2) is 24.3 Å². The Labute approximate surface area is 96.3 Å². The summed E-state index contributed by atoms with van der Waals surface area (Å²) in [5.41, 5.74) is 0.623. The van der Waals surface area contributed by atoms with Crippen LogP contribution >= 0.6 is 0 Å². The van der Waals surface area contributed by atoms with Crippen molar-refractivity contribution in [3.63, 3.8) is 0 Å². The van der Waals surface area contributed by atoms with Crippen LogP contribution in [0.25, 0.3) is 0 Å².